The van der Waals surface area contributed by atoms with Gasteiger partial charge in [-0.2, -0.15) is 4.31 Å². The number of aliphatic hydroxyl groups excluding tert-OH is 1. The minimum atomic E-state index is -3.86. The molecule has 1 aromatic carbocycles. The Morgan fingerprint density at radius 3 is 2.38 bits per heavy atom. The van der Waals surface area contributed by atoms with Gasteiger partial charge in [0, 0.05) is 37.9 Å². The molecule has 9 heteroatoms. The van der Waals surface area contributed by atoms with E-state index in [1.165, 1.54) is 30.7 Å². The fraction of sp³-hybridized carbons (Fsp3) is 0.647. The summed E-state index contributed by atoms with van der Waals surface area (Å²) in [7, 11) is 2.84. The highest BCUT2D eigenvalue weighted by Crippen LogP contribution is 2.37. The van der Waals surface area contributed by atoms with Gasteiger partial charge in [0.1, 0.15) is 16.4 Å². The van der Waals surface area contributed by atoms with Gasteiger partial charge in [0.2, 0.25) is 10.0 Å². The molecule has 1 fully saturated rings. The van der Waals surface area contributed by atoms with Crippen molar-refractivity contribution in [3.8, 4) is 11.5 Å². The third-order valence-electron chi connectivity index (χ3n) is 4.83. The minimum absolute atomic E-state index is 0.0114. The molecular weight excluding hydrogens is 380 g/mol. The Labute approximate surface area is 160 Å². The largest absolute Gasteiger partial charge is 0.495 e. The average Bonchev–Trinajstić information content (AvgIpc) is 2.84. The zero-order valence-corrected chi connectivity index (χ0v) is 17.2. The average molecular weight is 407 g/mol. The lowest BCUT2D eigenvalue weighted by Crippen LogP contribution is -2.42. The Hall–Kier alpha value is -1.06. The third kappa shape index (κ3) is 4.43. The van der Waals surface area contributed by atoms with Crippen LogP contribution in [0.3, 0.4) is 0 Å². The molecule has 148 valence electrons. The van der Waals surface area contributed by atoms with Crippen molar-refractivity contribution in [2.24, 2.45) is 5.92 Å². The van der Waals surface area contributed by atoms with Gasteiger partial charge in [0.25, 0.3) is 0 Å². The van der Waals surface area contributed by atoms with Crippen molar-refractivity contribution >= 4 is 21.6 Å². The molecule has 7 nitrogen and oxygen atoms in total. The molecule has 26 heavy (non-hydrogen) atoms. The monoisotopic (exact) mass is 406 g/mol. The van der Waals surface area contributed by atoms with Crippen LogP contribution in [0.4, 0.5) is 0 Å². The number of likely N-dealkylation sites (N-methyl/N-ethyl adjacent to an activating group) is 1. The highest BCUT2D eigenvalue weighted by molar-refractivity contribution is 7.89. The first-order valence-corrected chi connectivity index (χ1v) is 10.2. The van der Waals surface area contributed by atoms with Crippen molar-refractivity contribution in [1.29, 1.82) is 0 Å². The Bertz CT molecular complexity index is 726. The fourth-order valence-corrected chi connectivity index (χ4v) is 5.08. The minimum Gasteiger partial charge on any atom is -0.495 e. The van der Waals surface area contributed by atoms with Crippen LogP contribution < -0.4 is 9.47 Å². The zero-order valence-electron chi connectivity index (χ0n) is 15.6. The van der Waals surface area contributed by atoms with Crippen LogP contribution in [-0.4, -0.2) is 76.8 Å². The maximum atomic E-state index is 13.4. The molecule has 0 aromatic heterocycles. The predicted octanol–water partition coefficient (Wildman–Crippen LogP) is 1.68. The van der Waals surface area contributed by atoms with Crippen molar-refractivity contribution < 1.29 is 23.0 Å². The Kier molecular flexibility index (Phi) is 7.15. The summed E-state index contributed by atoms with van der Waals surface area (Å²) in [5, 5.41) is 9.89. The molecule has 0 unspecified atom stereocenters. The number of rotatable bonds is 6. The summed E-state index contributed by atoms with van der Waals surface area (Å²) in [6.07, 6.45) is 1.60. The number of methoxy groups -OCH3 is 2. The van der Waals surface area contributed by atoms with Crippen molar-refractivity contribution in [2.75, 3.05) is 48.0 Å². The standard InChI is InChI=1S/C17H27ClN2O5S/c1-19(2)13-6-5-12(11-21)9-20(10-13)26(22,23)17-8-15(24-3)14(18)7-16(17)25-4/h7-8,12-13,21H,5-6,9-11H2,1-4H3/t12-,13+/m0/s1. The topological polar surface area (TPSA) is 79.3 Å². The van der Waals surface area contributed by atoms with E-state index >= 15 is 0 Å². The summed E-state index contributed by atoms with van der Waals surface area (Å²) in [6, 6.07) is 2.90. The first-order chi connectivity index (χ1) is 12.2. The lowest BCUT2D eigenvalue weighted by molar-refractivity contribution is 0.204. The molecule has 1 aliphatic rings. The van der Waals surface area contributed by atoms with Crippen LogP contribution in [0.2, 0.25) is 5.02 Å². The normalized spacial score (nSPS) is 22.3. The molecule has 1 saturated heterocycles. The molecule has 1 heterocycles. The number of benzene rings is 1. The highest BCUT2D eigenvalue weighted by Gasteiger charge is 2.35. The number of ether oxygens (including phenoxy) is 2. The van der Waals surface area contributed by atoms with Crippen LogP contribution in [0.25, 0.3) is 0 Å². The molecule has 0 aliphatic carbocycles. The second-order valence-corrected chi connectivity index (χ2v) is 9.02. The van der Waals surface area contributed by atoms with Gasteiger partial charge in [0.15, 0.2) is 0 Å². The summed E-state index contributed by atoms with van der Waals surface area (Å²) >= 11 is 6.10. The number of halogens is 1. The Morgan fingerprint density at radius 2 is 1.85 bits per heavy atom. The summed E-state index contributed by atoms with van der Waals surface area (Å²) < 4.78 is 38.6. The molecule has 1 aromatic rings. The predicted molar refractivity (Wildman–Crippen MR) is 101 cm³/mol. The molecule has 2 atom stereocenters. The number of aliphatic hydroxyl groups is 1. The Balaban J connectivity index is 2.49. The van der Waals surface area contributed by atoms with E-state index in [-0.39, 0.29) is 46.5 Å². The molecule has 1 N–H and O–H groups in total. The number of nitrogens with zero attached hydrogens (tertiary/aromatic N) is 2. The molecule has 0 amide bonds. The maximum Gasteiger partial charge on any atom is 0.246 e. The van der Waals surface area contributed by atoms with Crippen LogP contribution in [0.5, 0.6) is 11.5 Å². The van der Waals surface area contributed by atoms with Crippen LogP contribution in [0, 0.1) is 5.92 Å². The van der Waals surface area contributed by atoms with E-state index in [9.17, 15) is 13.5 Å². The van der Waals surface area contributed by atoms with E-state index in [1.54, 1.807) is 0 Å². The lowest BCUT2D eigenvalue weighted by atomic mass is 10.0. The zero-order chi connectivity index (χ0) is 19.5. The van der Waals surface area contributed by atoms with E-state index in [0.717, 1.165) is 12.8 Å². The van der Waals surface area contributed by atoms with E-state index in [2.05, 4.69) is 0 Å². The van der Waals surface area contributed by atoms with Crippen LogP contribution in [0.1, 0.15) is 12.8 Å². The molecule has 0 bridgehead atoms. The SMILES string of the molecule is COc1cc(S(=O)(=O)N2C[C@@H](CO)CC[C@@H](N(C)C)C2)c(OC)cc1Cl. The molecule has 2 rings (SSSR count). The van der Waals surface area contributed by atoms with Gasteiger partial charge in [0.05, 0.1) is 19.2 Å². The second-order valence-electron chi connectivity index (χ2n) is 6.70. The van der Waals surface area contributed by atoms with Gasteiger partial charge < -0.3 is 19.5 Å². The van der Waals surface area contributed by atoms with Gasteiger partial charge in [-0.25, -0.2) is 8.42 Å². The van der Waals surface area contributed by atoms with Crippen molar-refractivity contribution in [3.05, 3.63) is 17.2 Å². The van der Waals surface area contributed by atoms with Crippen LogP contribution in [-0.2, 0) is 10.0 Å². The van der Waals surface area contributed by atoms with Crippen molar-refractivity contribution in [3.63, 3.8) is 0 Å². The van der Waals surface area contributed by atoms with Crippen molar-refractivity contribution in [2.45, 2.75) is 23.8 Å². The third-order valence-corrected chi connectivity index (χ3v) is 6.98. The van der Waals surface area contributed by atoms with Gasteiger partial charge in [-0.3, -0.25) is 0 Å². The summed E-state index contributed by atoms with van der Waals surface area (Å²) in [5.74, 6) is 0.334. The first-order valence-electron chi connectivity index (χ1n) is 8.43. The Morgan fingerprint density at radius 1 is 1.19 bits per heavy atom. The summed E-state index contributed by atoms with van der Waals surface area (Å²) in [4.78, 5) is 2.03. The quantitative estimate of drug-likeness (QED) is 0.774. The van der Waals surface area contributed by atoms with E-state index in [1.807, 2.05) is 19.0 Å². The van der Waals surface area contributed by atoms with E-state index < -0.39 is 10.0 Å². The van der Waals surface area contributed by atoms with Gasteiger partial charge >= 0.3 is 0 Å². The van der Waals surface area contributed by atoms with Gasteiger partial charge in [-0.05, 0) is 32.9 Å². The summed E-state index contributed by atoms with van der Waals surface area (Å²) in [5.41, 5.74) is 0. The van der Waals surface area contributed by atoms with E-state index in [4.69, 9.17) is 21.1 Å². The molecule has 0 spiro atoms. The van der Waals surface area contributed by atoms with Gasteiger partial charge in [-0.1, -0.05) is 11.6 Å². The smallest absolute Gasteiger partial charge is 0.246 e. The number of hydrogen-bond acceptors (Lipinski definition) is 6. The van der Waals surface area contributed by atoms with Gasteiger partial charge in [-0.15, -0.1) is 0 Å². The number of sulfonamides is 1. The second kappa shape index (κ2) is 8.75. The fourth-order valence-electron chi connectivity index (χ4n) is 3.15. The molecule has 0 radical (unpaired) electrons. The van der Waals surface area contributed by atoms with Crippen LogP contribution in [0.15, 0.2) is 17.0 Å². The molecule has 1 aliphatic heterocycles. The highest BCUT2D eigenvalue weighted by atomic mass is 35.5. The first kappa shape index (κ1) is 21.2. The lowest BCUT2D eigenvalue weighted by Gasteiger charge is -2.29. The molecular formula is C17H27ClN2O5S. The van der Waals surface area contributed by atoms with Crippen molar-refractivity contribution in [1.82, 2.24) is 9.21 Å². The van der Waals surface area contributed by atoms with E-state index in [0.29, 0.717) is 6.54 Å². The van der Waals surface area contributed by atoms with Crippen LogP contribution >= 0.6 is 11.6 Å². The molecule has 0 saturated carbocycles. The summed E-state index contributed by atoms with van der Waals surface area (Å²) in [6.45, 7) is 0.560. The maximum absolute atomic E-state index is 13.4. The number of hydrogen-bond donors (Lipinski definition) is 1.